The number of hydrogen-bond donors (Lipinski definition) is 2. The van der Waals surface area contributed by atoms with Crippen LogP contribution in [0.25, 0.3) is 0 Å². The Hall–Kier alpha value is -2.93. The summed E-state index contributed by atoms with van der Waals surface area (Å²) in [7, 11) is 0. The van der Waals surface area contributed by atoms with E-state index in [0.29, 0.717) is 17.7 Å². The van der Waals surface area contributed by atoms with Crippen molar-refractivity contribution < 1.29 is 9.90 Å². The number of amides is 1. The van der Waals surface area contributed by atoms with Crippen LogP contribution in [0.15, 0.2) is 58.1 Å². The number of aromatic nitrogens is 2. The number of nitrogens with zero attached hydrogens (tertiary/aromatic N) is 3. The Balaban J connectivity index is 1.62. The second-order valence-electron chi connectivity index (χ2n) is 6.18. The van der Waals surface area contributed by atoms with E-state index < -0.39 is 0 Å². The van der Waals surface area contributed by atoms with Crippen LogP contribution in [0.1, 0.15) is 32.9 Å². The van der Waals surface area contributed by atoms with Gasteiger partial charge in [-0.2, -0.15) is 10.2 Å². The highest BCUT2D eigenvalue weighted by molar-refractivity contribution is 9.10. The molecule has 1 heterocycles. The minimum Gasteiger partial charge on any atom is -0.507 e. The summed E-state index contributed by atoms with van der Waals surface area (Å²) >= 11 is 3.32. The molecule has 0 aliphatic carbocycles. The zero-order valence-electron chi connectivity index (χ0n) is 15.0. The van der Waals surface area contributed by atoms with Gasteiger partial charge in [0.15, 0.2) is 0 Å². The zero-order valence-corrected chi connectivity index (χ0v) is 16.6. The van der Waals surface area contributed by atoms with Crippen molar-refractivity contribution in [3.8, 4) is 5.75 Å². The third-order valence-corrected chi connectivity index (χ3v) is 4.50. The van der Waals surface area contributed by atoms with Crippen LogP contribution in [0.4, 0.5) is 0 Å². The minimum atomic E-state index is -0.321. The van der Waals surface area contributed by atoms with Gasteiger partial charge in [0.25, 0.3) is 5.91 Å². The average molecular weight is 427 g/mol. The lowest BCUT2D eigenvalue weighted by Crippen LogP contribution is -2.17. The molecule has 0 spiro atoms. The molecule has 0 unspecified atom stereocenters. The normalized spacial score (nSPS) is 11.1. The van der Waals surface area contributed by atoms with Gasteiger partial charge in [0, 0.05) is 21.3 Å². The molecule has 1 aromatic heterocycles. The SMILES string of the molecule is Cc1cc(C)n(Cc2ccc(C(=O)N/N=C\c3cc(Br)ccc3O)cc2)n1. The van der Waals surface area contributed by atoms with E-state index in [0.717, 1.165) is 21.4 Å². The van der Waals surface area contributed by atoms with Crippen molar-refractivity contribution in [1.82, 2.24) is 15.2 Å². The third-order valence-electron chi connectivity index (χ3n) is 4.01. The van der Waals surface area contributed by atoms with E-state index >= 15 is 0 Å². The molecule has 3 rings (SSSR count). The number of rotatable bonds is 5. The van der Waals surface area contributed by atoms with Gasteiger partial charge in [0.1, 0.15) is 5.75 Å². The lowest BCUT2D eigenvalue weighted by Gasteiger charge is -2.06. The van der Waals surface area contributed by atoms with Gasteiger partial charge in [0.2, 0.25) is 0 Å². The molecule has 2 N–H and O–H groups in total. The van der Waals surface area contributed by atoms with Gasteiger partial charge >= 0.3 is 0 Å². The number of phenolic OH excluding ortho intramolecular Hbond substituents is 1. The largest absolute Gasteiger partial charge is 0.507 e. The van der Waals surface area contributed by atoms with Crippen LogP contribution in [0.5, 0.6) is 5.75 Å². The van der Waals surface area contributed by atoms with Crippen molar-refractivity contribution >= 4 is 28.1 Å². The first kappa shape index (κ1) is 18.8. The van der Waals surface area contributed by atoms with Gasteiger partial charge in [-0.3, -0.25) is 9.48 Å². The molecule has 0 atom stereocenters. The van der Waals surface area contributed by atoms with Crippen molar-refractivity contribution in [1.29, 1.82) is 0 Å². The number of hydrazone groups is 1. The maximum Gasteiger partial charge on any atom is 0.271 e. The van der Waals surface area contributed by atoms with Gasteiger partial charge in [-0.15, -0.1) is 0 Å². The molecule has 0 bridgehead atoms. The second-order valence-corrected chi connectivity index (χ2v) is 7.10. The Morgan fingerprint density at radius 3 is 2.63 bits per heavy atom. The quantitative estimate of drug-likeness (QED) is 0.481. The average Bonchev–Trinajstić information content (AvgIpc) is 2.95. The molecule has 0 aliphatic rings. The van der Waals surface area contributed by atoms with Crippen LogP contribution in [0.2, 0.25) is 0 Å². The topological polar surface area (TPSA) is 79.5 Å². The molecule has 2 aromatic carbocycles. The summed E-state index contributed by atoms with van der Waals surface area (Å²) in [6, 6.07) is 14.3. The van der Waals surface area contributed by atoms with Gasteiger partial charge in [-0.1, -0.05) is 28.1 Å². The number of nitrogens with one attached hydrogen (secondary N) is 1. The van der Waals surface area contributed by atoms with E-state index in [9.17, 15) is 9.90 Å². The van der Waals surface area contributed by atoms with E-state index in [-0.39, 0.29) is 11.7 Å². The molecule has 27 heavy (non-hydrogen) atoms. The number of phenols is 1. The summed E-state index contributed by atoms with van der Waals surface area (Å²) in [5.41, 5.74) is 6.61. The smallest absolute Gasteiger partial charge is 0.271 e. The van der Waals surface area contributed by atoms with E-state index in [1.165, 1.54) is 6.21 Å². The molecular weight excluding hydrogens is 408 g/mol. The molecule has 1 amide bonds. The standard InChI is InChI=1S/C20H19BrN4O2/c1-13-9-14(2)25(24-13)12-15-3-5-16(6-4-15)20(27)23-22-11-17-10-18(21)7-8-19(17)26/h3-11,26H,12H2,1-2H3,(H,23,27)/b22-11-. The van der Waals surface area contributed by atoms with E-state index in [1.54, 1.807) is 30.3 Å². The minimum absolute atomic E-state index is 0.0877. The highest BCUT2D eigenvalue weighted by Gasteiger charge is 2.06. The first-order chi connectivity index (χ1) is 12.9. The molecule has 0 saturated heterocycles. The molecular formula is C20H19BrN4O2. The number of carbonyl (C=O) groups excluding carboxylic acids is 1. The second kappa shape index (κ2) is 8.18. The Bertz CT molecular complexity index is 994. The van der Waals surface area contributed by atoms with Crippen molar-refractivity contribution in [2.24, 2.45) is 5.10 Å². The Kier molecular flexibility index (Phi) is 5.71. The van der Waals surface area contributed by atoms with Gasteiger partial charge in [-0.05, 0) is 55.8 Å². The number of aryl methyl sites for hydroxylation is 2. The number of halogens is 1. The van der Waals surface area contributed by atoms with Crippen LogP contribution in [-0.4, -0.2) is 27.0 Å². The first-order valence-corrected chi connectivity index (χ1v) is 9.13. The zero-order chi connectivity index (χ0) is 19.4. The van der Waals surface area contributed by atoms with Crippen LogP contribution >= 0.6 is 15.9 Å². The Morgan fingerprint density at radius 1 is 1.22 bits per heavy atom. The summed E-state index contributed by atoms with van der Waals surface area (Å²) in [5, 5.41) is 18.1. The lowest BCUT2D eigenvalue weighted by molar-refractivity contribution is 0.0955. The fraction of sp³-hybridized carbons (Fsp3) is 0.150. The maximum absolute atomic E-state index is 12.2. The van der Waals surface area contributed by atoms with Crippen molar-refractivity contribution in [2.75, 3.05) is 0 Å². The van der Waals surface area contributed by atoms with Crippen molar-refractivity contribution in [3.63, 3.8) is 0 Å². The highest BCUT2D eigenvalue weighted by Crippen LogP contribution is 2.20. The predicted molar refractivity (Wildman–Crippen MR) is 108 cm³/mol. The molecule has 0 radical (unpaired) electrons. The van der Waals surface area contributed by atoms with Gasteiger partial charge < -0.3 is 5.11 Å². The molecule has 6 nitrogen and oxygen atoms in total. The fourth-order valence-corrected chi connectivity index (χ4v) is 3.00. The molecule has 0 saturated carbocycles. The molecule has 7 heteroatoms. The van der Waals surface area contributed by atoms with Crippen molar-refractivity contribution in [3.05, 3.63) is 81.1 Å². The van der Waals surface area contributed by atoms with Crippen molar-refractivity contribution in [2.45, 2.75) is 20.4 Å². The van der Waals surface area contributed by atoms with E-state index in [4.69, 9.17) is 0 Å². The summed E-state index contributed by atoms with van der Waals surface area (Å²) in [4.78, 5) is 12.2. The number of carbonyl (C=O) groups is 1. The summed E-state index contributed by atoms with van der Waals surface area (Å²) in [6.07, 6.45) is 1.40. The molecule has 3 aromatic rings. The van der Waals surface area contributed by atoms with Gasteiger partial charge in [-0.25, -0.2) is 5.43 Å². The summed E-state index contributed by atoms with van der Waals surface area (Å²) < 4.78 is 2.74. The van der Waals surface area contributed by atoms with Crippen LogP contribution in [0, 0.1) is 13.8 Å². The lowest BCUT2D eigenvalue weighted by atomic mass is 10.1. The predicted octanol–water partition coefficient (Wildman–Crippen LogP) is 3.78. The Labute approximate surface area is 165 Å². The molecule has 0 aliphatic heterocycles. The fourth-order valence-electron chi connectivity index (χ4n) is 2.62. The number of aromatic hydroxyl groups is 1. The van der Waals surface area contributed by atoms with Gasteiger partial charge in [0.05, 0.1) is 18.5 Å². The first-order valence-electron chi connectivity index (χ1n) is 8.34. The summed E-state index contributed by atoms with van der Waals surface area (Å²) in [5.74, 6) is -0.233. The van der Waals surface area contributed by atoms with E-state index in [1.807, 2.05) is 36.7 Å². The maximum atomic E-state index is 12.2. The number of benzene rings is 2. The monoisotopic (exact) mass is 426 g/mol. The number of hydrogen-bond acceptors (Lipinski definition) is 4. The highest BCUT2D eigenvalue weighted by atomic mass is 79.9. The van der Waals surface area contributed by atoms with Crippen LogP contribution < -0.4 is 5.43 Å². The third kappa shape index (κ3) is 4.83. The van der Waals surface area contributed by atoms with Crippen LogP contribution in [0.3, 0.4) is 0 Å². The van der Waals surface area contributed by atoms with E-state index in [2.05, 4.69) is 31.6 Å². The molecule has 0 fully saturated rings. The van der Waals surface area contributed by atoms with Crippen LogP contribution in [-0.2, 0) is 6.54 Å². The summed E-state index contributed by atoms with van der Waals surface area (Å²) in [6.45, 7) is 4.64. The molecule has 138 valence electrons. The Morgan fingerprint density at radius 2 is 1.96 bits per heavy atom.